The van der Waals surface area contributed by atoms with E-state index in [2.05, 4.69) is 14.9 Å². The summed E-state index contributed by atoms with van der Waals surface area (Å²) in [5.74, 6) is -1.05. The van der Waals surface area contributed by atoms with Crippen LogP contribution in [0.2, 0.25) is 5.02 Å². The molecule has 1 atom stereocenters. The molecule has 0 unspecified atom stereocenters. The van der Waals surface area contributed by atoms with Crippen LogP contribution in [0.1, 0.15) is 44.8 Å². The number of nitrogens with two attached hydrogens (primary N) is 1. The molecule has 2 fully saturated rings. The average molecular weight is 1170 g/mol. The molecule has 0 saturated carbocycles. The van der Waals surface area contributed by atoms with Gasteiger partial charge in [-0.1, -0.05) is 41.9 Å². The number of sulfonamides is 1. The predicted octanol–water partition coefficient (Wildman–Crippen LogP) is 10.2. The number of hydrogen-bond donors (Lipinski definition) is 3. The van der Waals surface area contributed by atoms with Crippen LogP contribution in [0.4, 0.5) is 40.3 Å². The van der Waals surface area contributed by atoms with Crippen molar-refractivity contribution in [2.24, 2.45) is 5.73 Å². The van der Waals surface area contributed by atoms with Gasteiger partial charge in [-0.05, 0) is 136 Å². The largest absolute Gasteiger partial charge is 0.501 e. The third kappa shape index (κ3) is 13.4. The van der Waals surface area contributed by atoms with E-state index in [0.717, 1.165) is 23.3 Å². The van der Waals surface area contributed by atoms with Crippen molar-refractivity contribution in [1.82, 2.24) is 9.47 Å². The predicted molar refractivity (Wildman–Crippen MR) is 299 cm³/mol. The minimum absolute atomic E-state index is 0.0565. The second-order valence-corrected chi connectivity index (χ2v) is 26.7. The van der Waals surface area contributed by atoms with Crippen LogP contribution in [-0.2, 0) is 39.2 Å². The first-order valence-electron chi connectivity index (χ1n) is 25.0. The van der Waals surface area contributed by atoms with Crippen LogP contribution in [-0.4, -0.2) is 116 Å². The minimum Gasteiger partial charge on any atom is -0.461 e. The van der Waals surface area contributed by atoms with E-state index in [1.54, 1.807) is 79.7 Å². The number of hydrogen-bond acceptors (Lipinski definition) is 14. The van der Waals surface area contributed by atoms with E-state index in [9.17, 15) is 43.2 Å². The van der Waals surface area contributed by atoms with E-state index < -0.39 is 67.8 Å². The number of alkyl halides is 3. The molecule has 0 aliphatic carbocycles. The molecule has 1 aromatic heterocycles. The van der Waals surface area contributed by atoms with E-state index in [1.165, 1.54) is 36.0 Å². The lowest BCUT2D eigenvalue weighted by atomic mass is 9.99. The van der Waals surface area contributed by atoms with Gasteiger partial charge >= 0.3 is 11.5 Å². The monoisotopic (exact) mass is 1170 g/mol. The van der Waals surface area contributed by atoms with Crippen LogP contribution in [0.3, 0.4) is 0 Å². The summed E-state index contributed by atoms with van der Waals surface area (Å²) in [5.41, 5.74) is 3.12. The lowest BCUT2D eigenvalue weighted by molar-refractivity contribution is -0.149. The molecule has 418 valence electrons. The Kier molecular flexibility index (Phi) is 17.9. The molecular weight excluding hydrogens is 1110 g/mol. The lowest BCUT2D eigenvalue weighted by Crippen LogP contribution is -2.46. The number of rotatable bonds is 19. The standard InChI is InChI=1S/C54H60ClF4N7O8S4/c1-35(2)66-36(3)53(76(4,68)69)51(52(66)37-10-12-39(55)13-11-37)38-30-40(56)32-43(31-38)65-28-26-64(27-29-65)42-16-14-41(15-17-42)62-78(72,73)46-18-19-47(48(33-46)77(70,71)54(57,58)59)61-49(75-45-8-6-5-7-9-45)22-25-63-23-20-44(21-24-63)74-50(67)34-60/h5-19,30-33,35,44,49,61-62H,20-29,34,60H2,1-4H3/t49-/m0/s1. The van der Waals surface area contributed by atoms with Crippen LogP contribution in [0.15, 0.2) is 135 Å². The number of piperazine rings is 1. The molecule has 4 N–H and O–H groups in total. The Bertz CT molecular complexity index is 3470. The van der Waals surface area contributed by atoms with Crippen molar-refractivity contribution >= 4 is 81.8 Å². The number of carbonyl (C=O) groups excluding carboxylic acids is 1. The molecule has 0 spiro atoms. The van der Waals surface area contributed by atoms with Crippen molar-refractivity contribution in [3.05, 3.63) is 132 Å². The Morgan fingerprint density at radius 2 is 1.44 bits per heavy atom. The summed E-state index contributed by atoms with van der Waals surface area (Å²) in [6, 6.07) is 29.3. The highest BCUT2D eigenvalue weighted by molar-refractivity contribution is 8.00. The molecule has 78 heavy (non-hydrogen) atoms. The molecule has 15 nitrogen and oxygen atoms in total. The number of carbonyl (C=O) groups is 1. The second kappa shape index (κ2) is 23.9. The Morgan fingerprint density at radius 1 is 0.808 bits per heavy atom. The fraction of sp³-hybridized carbons (Fsp3) is 0.352. The number of nitrogens with one attached hydrogen (secondary N) is 2. The average Bonchev–Trinajstić information content (AvgIpc) is 3.99. The fourth-order valence-electron chi connectivity index (χ4n) is 9.94. The normalized spacial score (nSPS) is 15.6. The molecule has 24 heteroatoms. The van der Waals surface area contributed by atoms with Gasteiger partial charge in [0.05, 0.1) is 33.1 Å². The van der Waals surface area contributed by atoms with Crippen LogP contribution in [0.25, 0.3) is 22.4 Å². The fourth-order valence-corrected chi connectivity index (χ4v) is 14.4. The van der Waals surface area contributed by atoms with Gasteiger partial charge < -0.3 is 35.1 Å². The van der Waals surface area contributed by atoms with Gasteiger partial charge in [0.2, 0.25) is 0 Å². The van der Waals surface area contributed by atoms with Crippen LogP contribution in [0.5, 0.6) is 0 Å². The zero-order chi connectivity index (χ0) is 56.3. The van der Waals surface area contributed by atoms with E-state index in [1.807, 2.05) is 28.2 Å². The Balaban J connectivity index is 0.977. The van der Waals surface area contributed by atoms with Crippen molar-refractivity contribution in [2.45, 2.75) is 82.6 Å². The molecule has 0 bridgehead atoms. The summed E-state index contributed by atoms with van der Waals surface area (Å²) in [6.45, 7) is 8.78. The number of halogens is 5. The van der Waals surface area contributed by atoms with Crippen LogP contribution in [0, 0.1) is 12.7 Å². The number of sulfone groups is 2. The summed E-state index contributed by atoms with van der Waals surface area (Å²) in [6.07, 6.45) is 2.30. The molecule has 0 amide bonds. The molecule has 6 aromatic rings. The summed E-state index contributed by atoms with van der Waals surface area (Å²) in [4.78, 5) is 16.7. The molecule has 2 saturated heterocycles. The first kappa shape index (κ1) is 58.3. The first-order valence-corrected chi connectivity index (χ1v) is 31.1. The lowest BCUT2D eigenvalue weighted by Gasteiger charge is -2.37. The Hall–Kier alpha value is -5.82. The van der Waals surface area contributed by atoms with Gasteiger partial charge in [0.25, 0.3) is 19.9 Å². The summed E-state index contributed by atoms with van der Waals surface area (Å²) in [5, 5.41) is 2.80. The van der Waals surface area contributed by atoms with Crippen molar-refractivity contribution in [2.75, 3.05) is 78.5 Å². The quantitative estimate of drug-likeness (QED) is 0.0300. The molecule has 2 aliphatic heterocycles. The molecular formula is C54H60ClF4N7O8S4. The zero-order valence-electron chi connectivity index (χ0n) is 43.1. The van der Waals surface area contributed by atoms with E-state index in [4.69, 9.17) is 22.1 Å². The van der Waals surface area contributed by atoms with Gasteiger partial charge in [-0.25, -0.2) is 29.6 Å². The number of nitrogens with zero attached hydrogens (tertiary/aromatic N) is 4. The number of piperidine rings is 1. The van der Waals surface area contributed by atoms with Gasteiger partial charge in [0.15, 0.2) is 9.84 Å². The summed E-state index contributed by atoms with van der Waals surface area (Å²) < 4.78 is 150. The third-order valence-electron chi connectivity index (χ3n) is 13.6. The topological polar surface area (TPSA) is 193 Å². The second-order valence-electron chi connectivity index (χ2n) is 19.4. The van der Waals surface area contributed by atoms with Gasteiger partial charge in [-0.15, -0.1) is 11.8 Å². The van der Waals surface area contributed by atoms with Crippen molar-refractivity contribution in [3.8, 4) is 22.4 Å². The number of likely N-dealkylation sites (tertiary alicyclic amines) is 1. The van der Waals surface area contributed by atoms with Gasteiger partial charge in [-0.2, -0.15) is 13.2 Å². The van der Waals surface area contributed by atoms with Crippen molar-refractivity contribution in [3.63, 3.8) is 0 Å². The highest BCUT2D eigenvalue weighted by Crippen LogP contribution is 2.45. The maximum absolute atomic E-state index is 15.8. The zero-order valence-corrected chi connectivity index (χ0v) is 47.2. The van der Waals surface area contributed by atoms with Gasteiger partial charge in [0, 0.05) is 96.3 Å². The smallest absolute Gasteiger partial charge is 0.461 e. The summed E-state index contributed by atoms with van der Waals surface area (Å²) in [7, 11) is -14.6. The SMILES string of the molecule is Cc1c(S(C)(=O)=O)c(-c2cc(F)cc(N3CCN(c4ccc(NS(=O)(=O)c5ccc(N[C@H](CCN6CCC(OC(=O)CN)CC6)Sc6ccccc6)c(S(=O)(=O)C(F)(F)F)c5)cc4)CC3)c2)c(-c2ccc(Cl)cc2)n1C(C)C. The van der Waals surface area contributed by atoms with Crippen molar-refractivity contribution in [1.29, 1.82) is 0 Å². The number of aromatic nitrogens is 1. The maximum atomic E-state index is 15.8. The molecule has 0 radical (unpaired) electrons. The Labute approximate surface area is 462 Å². The number of thioether (sulfide) groups is 1. The number of esters is 1. The number of ether oxygens (including phenoxy) is 1. The summed E-state index contributed by atoms with van der Waals surface area (Å²) >= 11 is 7.51. The molecule has 5 aromatic carbocycles. The number of anilines is 4. The van der Waals surface area contributed by atoms with E-state index in [-0.39, 0.29) is 29.3 Å². The van der Waals surface area contributed by atoms with Crippen LogP contribution >= 0.6 is 23.4 Å². The molecule has 8 rings (SSSR count). The van der Waals surface area contributed by atoms with Gasteiger partial charge in [-0.3, -0.25) is 9.52 Å². The maximum Gasteiger partial charge on any atom is 0.501 e. The molecule has 2 aliphatic rings. The third-order valence-corrected chi connectivity index (χ3v) is 19.2. The van der Waals surface area contributed by atoms with E-state index in [0.29, 0.717) is 116 Å². The highest BCUT2D eigenvalue weighted by Gasteiger charge is 2.48. The van der Waals surface area contributed by atoms with Gasteiger partial charge in [0.1, 0.15) is 16.8 Å². The first-order chi connectivity index (χ1) is 36.8. The Morgan fingerprint density at radius 3 is 2.03 bits per heavy atom. The number of benzene rings is 5. The minimum atomic E-state index is -6.10. The van der Waals surface area contributed by atoms with Crippen LogP contribution < -0.4 is 25.6 Å². The molecule has 3 heterocycles. The van der Waals surface area contributed by atoms with Crippen molar-refractivity contribution < 1.29 is 52.3 Å². The highest BCUT2D eigenvalue weighted by atomic mass is 35.5. The van der Waals surface area contributed by atoms with E-state index >= 15 is 4.39 Å².